The molecule has 3 nitrogen and oxygen atoms in total. The van der Waals surface area contributed by atoms with E-state index in [1.54, 1.807) is 6.20 Å². The van der Waals surface area contributed by atoms with Crippen molar-refractivity contribution in [1.29, 1.82) is 0 Å². The van der Waals surface area contributed by atoms with E-state index in [4.69, 9.17) is 4.74 Å². The highest BCUT2D eigenvalue weighted by atomic mass is 16.5. The van der Waals surface area contributed by atoms with Gasteiger partial charge < -0.3 is 10.1 Å². The molecule has 1 aromatic heterocycles. The maximum absolute atomic E-state index is 5.37. The molecule has 0 amide bonds. The first-order valence-corrected chi connectivity index (χ1v) is 5.69. The van der Waals surface area contributed by atoms with E-state index < -0.39 is 0 Å². The van der Waals surface area contributed by atoms with Crippen LogP contribution in [-0.4, -0.2) is 18.1 Å². The molecule has 0 radical (unpaired) electrons. The summed E-state index contributed by atoms with van der Waals surface area (Å²) in [4.78, 5) is 4.21. The summed E-state index contributed by atoms with van der Waals surface area (Å²) >= 11 is 0. The van der Waals surface area contributed by atoms with Crippen LogP contribution in [0.4, 0.5) is 0 Å². The van der Waals surface area contributed by atoms with Crippen LogP contribution in [0.1, 0.15) is 37.9 Å². The second-order valence-corrected chi connectivity index (χ2v) is 3.64. The number of hydrogen-bond acceptors (Lipinski definition) is 3. The van der Waals surface area contributed by atoms with Crippen molar-refractivity contribution in [2.45, 2.75) is 26.8 Å². The molecule has 1 atom stereocenters. The summed E-state index contributed by atoms with van der Waals surface area (Å²) in [5, 5.41) is 3.35. The number of ether oxygens (including phenoxy) is 1. The number of aromatic nitrogens is 1. The Morgan fingerprint density at radius 2 is 2.25 bits per heavy atom. The van der Waals surface area contributed by atoms with Crippen LogP contribution in [0.15, 0.2) is 25.0 Å². The topological polar surface area (TPSA) is 34.1 Å². The van der Waals surface area contributed by atoms with Crippen LogP contribution >= 0.6 is 0 Å². The van der Waals surface area contributed by atoms with Crippen LogP contribution in [0, 0.1) is 0 Å². The second kappa shape index (κ2) is 6.28. The standard InChI is InChI=1S/C13H20N2O/c1-5-15-10(3)12-7-13(9-14-8-12)11(4)16-6-2/h7-10,15H,4-6H2,1-3H3. The zero-order valence-corrected chi connectivity index (χ0v) is 10.3. The molecule has 0 aliphatic heterocycles. The first kappa shape index (κ1) is 12.7. The number of pyridine rings is 1. The Hall–Kier alpha value is -1.35. The number of nitrogens with zero attached hydrogens (tertiary/aromatic N) is 1. The third-order valence-electron chi connectivity index (χ3n) is 2.41. The van der Waals surface area contributed by atoms with Crippen molar-refractivity contribution in [3.63, 3.8) is 0 Å². The first-order chi connectivity index (χ1) is 7.69. The molecule has 1 aromatic rings. The van der Waals surface area contributed by atoms with Gasteiger partial charge in [0.1, 0.15) is 5.76 Å². The first-order valence-electron chi connectivity index (χ1n) is 5.69. The lowest BCUT2D eigenvalue weighted by molar-refractivity contribution is 0.299. The minimum Gasteiger partial charge on any atom is -0.494 e. The molecule has 0 fully saturated rings. The summed E-state index contributed by atoms with van der Waals surface area (Å²) in [7, 11) is 0. The minimum atomic E-state index is 0.298. The Kier molecular flexibility index (Phi) is 4.99. The lowest BCUT2D eigenvalue weighted by atomic mass is 10.1. The van der Waals surface area contributed by atoms with Crippen molar-refractivity contribution >= 4 is 5.76 Å². The minimum absolute atomic E-state index is 0.298. The molecular weight excluding hydrogens is 200 g/mol. The highest BCUT2D eigenvalue weighted by Crippen LogP contribution is 2.18. The predicted octanol–water partition coefficient (Wildman–Crippen LogP) is 2.76. The van der Waals surface area contributed by atoms with Crippen molar-refractivity contribution in [2.24, 2.45) is 0 Å². The maximum atomic E-state index is 5.37. The van der Waals surface area contributed by atoms with Crippen molar-refractivity contribution in [1.82, 2.24) is 10.3 Å². The molecular formula is C13H20N2O. The zero-order chi connectivity index (χ0) is 12.0. The average Bonchev–Trinajstić information content (AvgIpc) is 2.30. The maximum Gasteiger partial charge on any atom is 0.120 e. The quantitative estimate of drug-likeness (QED) is 0.748. The highest BCUT2D eigenvalue weighted by molar-refractivity contribution is 5.57. The average molecular weight is 220 g/mol. The van der Waals surface area contributed by atoms with Gasteiger partial charge in [-0.2, -0.15) is 0 Å². The molecule has 0 saturated carbocycles. The van der Waals surface area contributed by atoms with Crippen LogP contribution in [-0.2, 0) is 4.74 Å². The van der Waals surface area contributed by atoms with Crippen LogP contribution in [0.5, 0.6) is 0 Å². The van der Waals surface area contributed by atoms with Crippen molar-refractivity contribution in [2.75, 3.05) is 13.2 Å². The van der Waals surface area contributed by atoms with E-state index in [2.05, 4.69) is 36.8 Å². The number of hydrogen-bond donors (Lipinski definition) is 1. The molecule has 1 N–H and O–H groups in total. The third kappa shape index (κ3) is 3.35. The molecule has 1 heterocycles. The van der Waals surface area contributed by atoms with E-state index in [0.717, 1.165) is 17.7 Å². The van der Waals surface area contributed by atoms with Crippen LogP contribution in [0.3, 0.4) is 0 Å². The van der Waals surface area contributed by atoms with Gasteiger partial charge >= 0.3 is 0 Å². The molecule has 3 heteroatoms. The van der Waals surface area contributed by atoms with Gasteiger partial charge in [-0.1, -0.05) is 13.5 Å². The molecule has 16 heavy (non-hydrogen) atoms. The highest BCUT2D eigenvalue weighted by Gasteiger charge is 2.06. The molecule has 0 aliphatic rings. The second-order valence-electron chi connectivity index (χ2n) is 3.64. The fourth-order valence-corrected chi connectivity index (χ4v) is 1.53. The van der Waals surface area contributed by atoms with Gasteiger partial charge in [-0.05, 0) is 32.0 Å². The smallest absolute Gasteiger partial charge is 0.120 e. The Morgan fingerprint density at radius 1 is 1.50 bits per heavy atom. The van der Waals surface area contributed by atoms with Crippen molar-refractivity contribution in [3.8, 4) is 0 Å². The molecule has 0 aromatic carbocycles. The third-order valence-corrected chi connectivity index (χ3v) is 2.41. The summed E-state index contributed by atoms with van der Waals surface area (Å²) in [6.45, 7) is 11.6. The Labute approximate surface area is 97.5 Å². The SMILES string of the molecule is C=C(OCC)c1cncc(C(C)NCC)c1. The van der Waals surface area contributed by atoms with Gasteiger partial charge in [0.05, 0.1) is 6.61 Å². The largest absolute Gasteiger partial charge is 0.494 e. The molecule has 0 bridgehead atoms. The number of rotatable bonds is 6. The van der Waals surface area contributed by atoms with E-state index in [1.165, 1.54) is 0 Å². The van der Waals surface area contributed by atoms with Gasteiger partial charge in [0, 0.05) is 24.0 Å². The lowest BCUT2D eigenvalue weighted by Gasteiger charge is -2.14. The van der Waals surface area contributed by atoms with Gasteiger partial charge in [-0.25, -0.2) is 0 Å². The van der Waals surface area contributed by atoms with Gasteiger partial charge in [0.25, 0.3) is 0 Å². The van der Waals surface area contributed by atoms with Crippen LogP contribution < -0.4 is 5.32 Å². The molecule has 1 rings (SSSR count). The summed E-state index contributed by atoms with van der Waals surface area (Å²) in [6, 6.07) is 2.37. The Balaban J connectivity index is 2.82. The Bertz CT molecular complexity index is 350. The van der Waals surface area contributed by atoms with E-state index in [1.807, 2.05) is 13.1 Å². The van der Waals surface area contributed by atoms with E-state index in [9.17, 15) is 0 Å². The van der Waals surface area contributed by atoms with Crippen LogP contribution in [0.25, 0.3) is 5.76 Å². The summed E-state index contributed by atoms with van der Waals surface area (Å²) in [5.41, 5.74) is 2.10. The normalized spacial score (nSPS) is 12.2. The number of nitrogens with one attached hydrogen (secondary N) is 1. The van der Waals surface area contributed by atoms with Crippen molar-refractivity contribution in [3.05, 3.63) is 36.2 Å². The summed E-state index contributed by atoms with van der Waals surface area (Å²) in [6.07, 6.45) is 3.65. The van der Waals surface area contributed by atoms with Crippen LogP contribution in [0.2, 0.25) is 0 Å². The molecule has 0 saturated heterocycles. The molecule has 88 valence electrons. The van der Waals surface area contributed by atoms with E-state index >= 15 is 0 Å². The van der Waals surface area contributed by atoms with Crippen molar-refractivity contribution < 1.29 is 4.74 Å². The lowest BCUT2D eigenvalue weighted by Crippen LogP contribution is -2.18. The van der Waals surface area contributed by atoms with Gasteiger partial charge in [-0.3, -0.25) is 4.98 Å². The summed E-state index contributed by atoms with van der Waals surface area (Å²) in [5.74, 6) is 0.681. The van der Waals surface area contributed by atoms with E-state index in [-0.39, 0.29) is 0 Å². The van der Waals surface area contributed by atoms with Gasteiger partial charge in [0.15, 0.2) is 0 Å². The summed E-state index contributed by atoms with van der Waals surface area (Å²) < 4.78 is 5.37. The monoisotopic (exact) mass is 220 g/mol. The van der Waals surface area contributed by atoms with Gasteiger partial charge in [0.2, 0.25) is 0 Å². The molecule has 1 unspecified atom stereocenters. The Morgan fingerprint density at radius 3 is 2.88 bits per heavy atom. The zero-order valence-electron chi connectivity index (χ0n) is 10.3. The predicted molar refractivity (Wildman–Crippen MR) is 67.0 cm³/mol. The molecule has 0 spiro atoms. The molecule has 0 aliphatic carbocycles. The van der Waals surface area contributed by atoms with E-state index in [0.29, 0.717) is 18.4 Å². The fourth-order valence-electron chi connectivity index (χ4n) is 1.53. The van der Waals surface area contributed by atoms with Gasteiger partial charge in [-0.15, -0.1) is 0 Å². The fraction of sp³-hybridized carbons (Fsp3) is 0.462.